The van der Waals surface area contributed by atoms with Crippen molar-refractivity contribution in [2.45, 2.75) is 0 Å². The summed E-state index contributed by atoms with van der Waals surface area (Å²) in [6.45, 7) is 0. The molecule has 0 aliphatic carbocycles. The minimum absolute atomic E-state index is 0.0363. The molecule has 3 nitrogen and oxygen atoms in total. The maximum atomic E-state index is 13.4. The molecule has 0 saturated heterocycles. The van der Waals surface area contributed by atoms with Crippen LogP contribution in [0, 0.1) is 17.1 Å². The van der Waals surface area contributed by atoms with Crippen LogP contribution in [0.1, 0.15) is 5.56 Å². The highest BCUT2D eigenvalue weighted by Gasteiger charge is 2.07. The van der Waals surface area contributed by atoms with Crippen LogP contribution in [0.4, 0.5) is 10.1 Å². The Hall–Kier alpha value is -2.25. The first kappa shape index (κ1) is 12.2. The molecule has 0 aliphatic heterocycles. The predicted octanol–water partition coefficient (Wildman–Crippen LogP) is 3.73. The zero-order valence-electron chi connectivity index (χ0n) is 9.15. The summed E-state index contributed by atoms with van der Waals surface area (Å²) < 4.78 is 18.8. The lowest BCUT2D eigenvalue weighted by atomic mass is 10.2. The van der Waals surface area contributed by atoms with Gasteiger partial charge in [0.1, 0.15) is 23.4 Å². The average Bonchev–Trinajstić information content (AvgIpc) is 2.33. The van der Waals surface area contributed by atoms with Gasteiger partial charge in [-0.1, -0.05) is 11.6 Å². The third-order valence-electron chi connectivity index (χ3n) is 2.24. The van der Waals surface area contributed by atoms with E-state index in [-0.39, 0.29) is 11.3 Å². The van der Waals surface area contributed by atoms with Gasteiger partial charge in [-0.2, -0.15) is 5.26 Å². The fraction of sp³-hybridized carbons (Fsp3) is 0. The average molecular weight is 263 g/mol. The molecule has 0 aromatic heterocycles. The Balaban J connectivity index is 2.29. The molecule has 2 aromatic rings. The summed E-state index contributed by atoms with van der Waals surface area (Å²) in [5, 5.41) is 8.94. The van der Waals surface area contributed by atoms with Gasteiger partial charge in [0.2, 0.25) is 0 Å². The SMILES string of the molecule is N#Cc1ccc(Oc2ccc(N)cc2Cl)cc1F. The molecule has 0 atom stereocenters. The quantitative estimate of drug-likeness (QED) is 0.839. The van der Waals surface area contributed by atoms with Gasteiger partial charge in [-0.05, 0) is 30.3 Å². The van der Waals surface area contributed by atoms with Crippen molar-refractivity contribution in [2.24, 2.45) is 0 Å². The summed E-state index contributed by atoms with van der Waals surface area (Å²) >= 11 is 5.93. The minimum Gasteiger partial charge on any atom is -0.456 e. The van der Waals surface area contributed by atoms with Crippen LogP contribution in [0.5, 0.6) is 11.5 Å². The summed E-state index contributed by atoms with van der Waals surface area (Å²) in [6, 6.07) is 10.5. The second-order valence-electron chi connectivity index (χ2n) is 3.55. The van der Waals surface area contributed by atoms with E-state index in [1.165, 1.54) is 18.2 Å². The van der Waals surface area contributed by atoms with Crippen molar-refractivity contribution in [3.63, 3.8) is 0 Å². The monoisotopic (exact) mass is 262 g/mol. The molecular formula is C13H8ClFN2O. The van der Waals surface area contributed by atoms with Crippen molar-refractivity contribution < 1.29 is 9.13 Å². The highest BCUT2D eigenvalue weighted by Crippen LogP contribution is 2.31. The topological polar surface area (TPSA) is 59.0 Å². The molecule has 0 fully saturated rings. The molecule has 0 bridgehead atoms. The zero-order valence-corrected chi connectivity index (χ0v) is 9.91. The van der Waals surface area contributed by atoms with Gasteiger partial charge in [0, 0.05) is 11.8 Å². The first-order valence-electron chi connectivity index (χ1n) is 5.02. The third kappa shape index (κ3) is 2.53. The van der Waals surface area contributed by atoms with E-state index in [0.717, 1.165) is 6.07 Å². The van der Waals surface area contributed by atoms with Gasteiger partial charge in [-0.15, -0.1) is 0 Å². The fourth-order valence-corrected chi connectivity index (χ4v) is 1.60. The maximum Gasteiger partial charge on any atom is 0.146 e. The molecule has 2 N–H and O–H groups in total. The van der Waals surface area contributed by atoms with Crippen LogP contribution >= 0.6 is 11.6 Å². The highest BCUT2D eigenvalue weighted by molar-refractivity contribution is 6.32. The molecule has 0 unspecified atom stereocenters. The molecule has 0 radical (unpaired) electrons. The van der Waals surface area contributed by atoms with E-state index in [0.29, 0.717) is 16.5 Å². The predicted molar refractivity (Wildman–Crippen MR) is 67.1 cm³/mol. The van der Waals surface area contributed by atoms with Crippen LogP contribution in [0.3, 0.4) is 0 Å². The van der Waals surface area contributed by atoms with Gasteiger partial charge in [0.15, 0.2) is 0 Å². The van der Waals surface area contributed by atoms with Crippen molar-refractivity contribution in [3.05, 3.63) is 52.8 Å². The molecule has 5 heteroatoms. The lowest BCUT2D eigenvalue weighted by molar-refractivity contribution is 0.477. The molecule has 2 rings (SSSR count). The number of hydrogen-bond donors (Lipinski definition) is 1. The second-order valence-corrected chi connectivity index (χ2v) is 3.95. The molecule has 0 heterocycles. The van der Waals surface area contributed by atoms with Crippen LogP contribution in [0.2, 0.25) is 5.02 Å². The van der Waals surface area contributed by atoms with Gasteiger partial charge in [0.05, 0.1) is 10.6 Å². The van der Waals surface area contributed by atoms with Crippen molar-refractivity contribution in [2.75, 3.05) is 5.73 Å². The molecule has 0 spiro atoms. The first-order chi connectivity index (χ1) is 8.60. The lowest BCUT2D eigenvalue weighted by Crippen LogP contribution is -1.90. The number of rotatable bonds is 2. The summed E-state index contributed by atoms with van der Waals surface area (Å²) in [5.41, 5.74) is 6.02. The van der Waals surface area contributed by atoms with Gasteiger partial charge in [-0.3, -0.25) is 0 Å². The Morgan fingerprint density at radius 3 is 2.61 bits per heavy atom. The summed E-state index contributed by atoms with van der Waals surface area (Å²) in [4.78, 5) is 0. The van der Waals surface area contributed by atoms with Crippen molar-refractivity contribution >= 4 is 17.3 Å². The van der Waals surface area contributed by atoms with E-state index in [1.807, 2.05) is 0 Å². The Kier molecular flexibility index (Phi) is 3.35. The molecule has 0 saturated carbocycles. The van der Waals surface area contributed by atoms with E-state index in [9.17, 15) is 4.39 Å². The van der Waals surface area contributed by atoms with Gasteiger partial charge in [-0.25, -0.2) is 4.39 Å². The number of ether oxygens (including phenoxy) is 1. The van der Waals surface area contributed by atoms with E-state index in [2.05, 4.69) is 0 Å². The number of anilines is 1. The van der Waals surface area contributed by atoms with Crippen molar-refractivity contribution in [1.82, 2.24) is 0 Å². The van der Waals surface area contributed by atoms with Crippen LogP contribution in [0.15, 0.2) is 36.4 Å². The normalized spacial score (nSPS) is 9.83. The van der Waals surface area contributed by atoms with Crippen molar-refractivity contribution in [3.8, 4) is 17.6 Å². The number of nitrogen functional groups attached to an aromatic ring is 1. The van der Waals surface area contributed by atoms with Gasteiger partial charge in [0.25, 0.3) is 0 Å². The van der Waals surface area contributed by atoms with Crippen LogP contribution < -0.4 is 10.5 Å². The standard InChI is InChI=1S/C13H8ClFN2O/c14-11-5-9(17)2-4-13(11)18-10-3-1-8(7-16)12(15)6-10/h1-6H,17H2. The summed E-state index contributed by atoms with van der Waals surface area (Å²) in [6.07, 6.45) is 0. The van der Waals surface area contributed by atoms with Gasteiger partial charge < -0.3 is 10.5 Å². The second kappa shape index (κ2) is 4.94. The number of halogens is 2. The third-order valence-corrected chi connectivity index (χ3v) is 2.54. The molecule has 90 valence electrons. The highest BCUT2D eigenvalue weighted by atomic mass is 35.5. The Labute approximate surface area is 108 Å². The summed E-state index contributed by atoms with van der Waals surface area (Å²) in [7, 11) is 0. The fourth-order valence-electron chi connectivity index (χ4n) is 1.38. The number of hydrogen-bond acceptors (Lipinski definition) is 3. The van der Waals surface area contributed by atoms with Crippen LogP contribution in [0.25, 0.3) is 0 Å². The Bertz CT molecular complexity index is 637. The Morgan fingerprint density at radius 1 is 1.22 bits per heavy atom. The Morgan fingerprint density at radius 2 is 2.00 bits per heavy atom. The zero-order chi connectivity index (χ0) is 13.1. The number of nitrogens with two attached hydrogens (primary N) is 1. The largest absolute Gasteiger partial charge is 0.456 e. The molecule has 0 aliphatic rings. The number of nitrogens with zero attached hydrogens (tertiary/aromatic N) is 1. The van der Waals surface area contributed by atoms with E-state index >= 15 is 0 Å². The summed E-state index contributed by atoms with van der Waals surface area (Å²) in [5.74, 6) is -0.00490. The first-order valence-corrected chi connectivity index (χ1v) is 5.40. The molecule has 18 heavy (non-hydrogen) atoms. The minimum atomic E-state index is -0.637. The van der Waals surface area contributed by atoms with E-state index in [4.69, 9.17) is 27.3 Å². The van der Waals surface area contributed by atoms with Crippen molar-refractivity contribution in [1.29, 1.82) is 5.26 Å². The smallest absolute Gasteiger partial charge is 0.146 e. The molecule has 0 amide bonds. The number of nitriles is 1. The number of benzene rings is 2. The van der Waals surface area contributed by atoms with E-state index in [1.54, 1.807) is 18.2 Å². The maximum absolute atomic E-state index is 13.4. The van der Waals surface area contributed by atoms with Crippen LogP contribution in [-0.4, -0.2) is 0 Å². The van der Waals surface area contributed by atoms with Gasteiger partial charge >= 0.3 is 0 Å². The lowest BCUT2D eigenvalue weighted by Gasteiger charge is -2.08. The molecular weight excluding hydrogens is 255 g/mol. The van der Waals surface area contributed by atoms with Crippen LogP contribution in [-0.2, 0) is 0 Å². The molecule has 2 aromatic carbocycles. The van der Waals surface area contributed by atoms with E-state index < -0.39 is 5.82 Å².